The molecule has 0 spiro atoms. The molecule has 4 aliphatic heterocycles. The van der Waals surface area contributed by atoms with Crippen LogP contribution < -0.4 is 49.4 Å². The maximum absolute atomic E-state index is 18.0. The minimum atomic E-state index is -0.269. The topological polar surface area (TPSA) is 84.0 Å². The van der Waals surface area contributed by atoms with Gasteiger partial charge in [0.15, 0.2) is 56.9 Å². The number of ether oxygens (including phenoxy) is 4. The summed E-state index contributed by atoms with van der Waals surface area (Å²) >= 11 is 0. The van der Waals surface area contributed by atoms with E-state index in [1.807, 2.05) is 146 Å². The van der Waals surface area contributed by atoms with E-state index in [9.17, 15) is 0 Å². The third-order valence-corrected chi connectivity index (χ3v) is 25.7. The third kappa shape index (κ3) is 12.7. The van der Waals surface area contributed by atoms with Gasteiger partial charge in [-0.05, 0) is 233 Å². The highest BCUT2D eigenvalue weighted by Gasteiger charge is 2.37. The highest BCUT2D eigenvalue weighted by molar-refractivity contribution is 6.16. The first-order valence-corrected chi connectivity index (χ1v) is 43.7. The van der Waals surface area contributed by atoms with Crippen LogP contribution >= 0.6 is 0 Å². The molecule has 0 N–H and O–H groups in total. The summed E-state index contributed by atoms with van der Waals surface area (Å²) in [4.78, 5) is 44.9. The first kappa shape index (κ1) is 75.0. The summed E-state index contributed by atoms with van der Waals surface area (Å²) in [6.07, 6.45) is 0. The molecule has 4 aliphatic rings. The van der Waals surface area contributed by atoms with E-state index in [4.69, 9.17) is 18.9 Å². The molecule has 0 aromatic heterocycles. The molecule has 21 aromatic rings. The molecule has 10 heteroatoms. The van der Waals surface area contributed by atoms with Gasteiger partial charge in [0, 0.05) is 21.5 Å². The van der Waals surface area contributed by atoms with Crippen LogP contribution in [0.4, 0.5) is 68.2 Å². The molecule has 0 unspecified atom stereocenters. The van der Waals surface area contributed by atoms with E-state index in [2.05, 4.69) is 323 Å². The van der Waals surface area contributed by atoms with Gasteiger partial charge in [-0.1, -0.05) is 315 Å². The molecule has 130 heavy (non-hydrogen) atoms. The van der Waals surface area contributed by atoms with Crippen LogP contribution in [0.5, 0.6) is 46.0 Å². The van der Waals surface area contributed by atoms with E-state index < -0.39 is 0 Å². The molecule has 0 bridgehead atoms. The fourth-order valence-electron chi connectivity index (χ4n) is 19.4. The summed E-state index contributed by atoms with van der Waals surface area (Å²) in [7, 11) is 0. The molecule has 0 aliphatic carbocycles. The zero-order valence-corrected chi connectivity index (χ0v) is 70.0. The molecule has 0 saturated heterocycles. The zero-order valence-electron chi connectivity index (χ0n) is 70.0. The van der Waals surface area contributed by atoms with Gasteiger partial charge < -0.3 is 38.5 Å². The first-order valence-electron chi connectivity index (χ1n) is 43.7. The summed E-state index contributed by atoms with van der Waals surface area (Å²) in [6.45, 7) is 0. The normalized spacial score (nSPS) is 12.6. The monoisotopic (exact) mass is 1670 g/mol. The lowest BCUT2D eigenvalue weighted by molar-refractivity contribution is 0.477. The molecule has 10 nitrogen and oxygen atoms in total. The van der Waals surface area contributed by atoms with Gasteiger partial charge in [-0.3, -0.25) is 9.59 Å². The van der Waals surface area contributed by atoms with Crippen molar-refractivity contribution in [3.05, 3.63) is 469 Å². The van der Waals surface area contributed by atoms with Crippen LogP contribution in [0.15, 0.2) is 459 Å². The smallest absolute Gasteiger partial charge is 0.196 e. The third-order valence-electron chi connectivity index (χ3n) is 25.7. The van der Waals surface area contributed by atoms with Crippen LogP contribution in [0.1, 0.15) is 0 Å². The molecule has 0 atom stereocenters. The number of rotatable bonds is 12. The van der Waals surface area contributed by atoms with Crippen molar-refractivity contribution < 1.29 is 18.9 Å². The van der Waals surface area contributed by atoms with Crippen molar-refractivity contribution >= 4 is 111 Å². The Bertz CT molecular complexity index is 7980. The highest BCUT2D eigenvalue weighted by atomic mass is 16.5. The Morgan fingerprint density at radius 1 is 0.138 bits per heavy atom. The van der Waals surface area contributed by atoms with Crippen LogP contribution in [-0.2, 0) is 0 Å². The molecule has 610 valence electrons. The van der Waals surface area contributed by atoms with Gasteiger partial charge in [-0.15, -0.1) is 0 Å². The second kappa shape index (κ2) is 30.7. The first-order chi connectivity index (χ1) is 64.2. The Balaban J connectivity index is 0.784. The maximum Gasteiger partial charge on any atom is 0.196 e. The summed E-state index contributed by atoms with van der Waals surface area (Å²) in [6, 6.07) is 154. The summed E-state index contributed by atoms with van der Waals surface area (Å²) in [5, 5.41) is 3.97. The highest BCUT2D eigenvalue weighted by Crippen LogP contribution is 2.61. The Morgan fingerprint density at radius 3 is 0.600 bits per heavy atom. The van der Waals surface area contributed by atoms with Crippen molar-refractivity contribution in [2.75, 3.05) is 19.6 Å². The van der Waals surface area contributed by atoms with Crippen LogP contribution in [0.3, 0.4) is 0 Å². The van der Waals surface area contributed by atoms with Crippen LogP contribution in [-0.4, -0.2) is 0 Å². The van der Waals surface area contributed by atoms with Crippen LogP contribution in [0.2, 0.25) is 0 Å². The Kier molecular flexibility index (Phi) is 17.7. The van der Waals surface area contributed by atoms with Gasteiger partial charge in [0.05, 0.1) is 79.0 Å². The Hall–Kier alpha value is -17.6. The predicted molar refractivity (Wildman–Crippen MR) is 532 cm³/mol. The van der Waals surface area contributed by atoms with E-state index in [0.29, 0.717) is 112 Å². The molecular weight excluding hydrogens is 1590 g/mol. The molecule has 25 rings (SSSR count). The average Bonchev–Trinajstić information content (AvgIpc) is 1.05. The van der Waals surface area contributed by atoms with E-state index in [1.165, 1.54) is 0 Å². The number of benzene rings is 19. The number of nitrogens with zero attached hydrogens (tertiary/aromatic N) is 4. The number of hydrogen-bond acceptors (Lipinski definition) is 10. The van der Waals surface area contributed by atoms with Crippen molar-refractivity contribution in [3.8, 4) is 135 Å². The largest absolute Gasteiger partial charge is 0.453 e. The van der Waals surface area contributed by atoms with Crippen molar-refractivity contribution in [1.29, 1.82) is 0 Å². The van der Waals surface area contributed by atoms with Crippen molar-refractivity contribution in [2.45, 2.75) is 0 Å². The van der Waals surface area contributed by atoms with Crippen LogP contribution in [0, 0.1) is 0 Å². The molecule has 0 fully saturated rings. The molecule has 4 heterocycles. The fraction of sp³-hybridized carbons (Fsp3) is 0. The molecule has 0 radical (unpaired) electrons. The van der Waals surface area contributed by atoms with Gasteiger partial charge in [0.2, 0.25) is 0 Å². The second-order valence-electron chi connectivity index (χ2n) is 33.3. The molecule has 21 aromatic carbocycles. The minimum Gasteiger partial charge on any atom is -0.453 e. The van der Waals surface area contributed by atoms with Crippen molar-refractivity contribution in [2.24, 2.45) is 0 Å². The lowest BCUT2D eigenvalue weighted by Crippen LogP contribution is -2.20. The van der Waals surface area contributed by atoms with E-state index in [0.717, 1.165) is 135 Å². The van der Waals surface area contributed by atoms with Crippen molar-refractivity contribution in [3.63, 3.8) is 0 Å². The Labute approximate surface area is 749 Å². The van der Waals surface area contributed by atoms with E-state index >= 15 is 9.59 Å². The standard InChI is InChI=1S/C120H74N4O6/c125-119-95-65-92-42-52-94-98(122-105-67-83(75-25-9-1-10-26-75)47-61-109(105)127-110-62-48-84(68-106(110)122)76-27-11-2-12-28-76)58-60-104(124-107-69-85(77-29-13-3-14-30-77)49-63-111(107)128-112-64-50-86(70-108(112)124)78-31-15-4-16-32-78)118(94)120(126)96(92)66-91(95)41-51-93-97(121-99-53-43-87(79-33-17-5-18-34-79)71-113(99)129-114-72-88(44-54-100(114)121)80-35-19-6-20-36-80)57-59-103(117(93)119)123-101-55-45-89(81-37-21-7-22-38-81)73-115(101)130-116-74-90(46-56-102(116)123)82-39-23-8-24-40-82/h1-74H. The number of anilines is 12. The van der Waals surface area contributed by atoms with E-state index in [-0.39, 0.29) is 10.9 Å². The Morgan fingerprint density at radius 2 is 0.338 bits per heavy atom. The van der Waals surface area contributed by atoms with Gasteiger partial charge in [0.25, 0.3) is 0 Å². The summed E-state index contributed by atoms with van der Waals surface area (Å²) < 4.78 is 28.6. The van der Waals surface area contributed by atoms with Gasteiger partial charge in [-0.2, -0.15) is 0 Å². The number of hydrogen-bond donors (Lipinski definition) is 0. The molecule has 0 amide bonds. The molecule has 0 saturated carbocycles. The van der Waals surface area contributed by atoms with Gasteiger partial charge in [-0.25, -0.2) is 0 Å². The predicted octanol–water partition coefficient (Wildman–Crippen LogP) is 32.7. The van der Waals surface area contributed by atoms with Crippen molar-refractivity contribution in [1.82, 2.24) is 0 Å². The van der Waals surface area contributed by atoms with Gasteiger partial charge >= 0.3 is 0 Å². The summed E-state index contributed by atoms with van der Waals surface area (Å²) in [5.74, 6) is 4.96. The number of fused-ring (bicyclic) bond motifs is 12. The quantitative estimate of drug-likeness (QED) is 0.118. The van der Waals surface area contributed by atoms with E-state index in [1.54, 1.807) is 0 Å². The SMILES string of the molecule is O=c1c2cc3ccc4c(N5c6cc(-c7ccccc7)ccc6Oc6ccc(-c7ccccc7)cc65)ccc(N5c6cc(-c7ccccc7)ccc6Oc6ccc(-c7ccccc7)cc65)c4c(=O)c3cc2ccc2c(N3c4ccc(-c5ccccc5)cc4Oc4cc(-c5ccccc5)ccc43)ccc(N3c4ccc(-c5ccccc5)cc4Oc4cc(-c5ccccc5)ccc43)c12. The minimum absolute atomic E-state index is 0.266. The lowest BCUT2D eigenvalue weighted by Gasteiger charge is -2.36. The lowest BCUT2D eigenvalue weighted by atomic mass is 9.98. The van der Waals surface area contributed by atoms with Crippen LogP contribution in [0.25, 0.3) is 132 Å². The average molecular weight is 1670 g/mol. The van der Waals surface area contributed by atoms with Gasteiger partial charge in [0.1, 0.15) is 0 Å². The molecular formula is C120H74N4O6. The summed E-state index contributed by atoms with van der Waals surface area (Å²) in [5.41, 5.74) is 24.1. The second-order valence-corrected chi connectivity index (χ2v) is 33.3. The maximum atomic E-state index is 18.0. The zero-order chi connectivity index (χ0) is 86.0. The fourth-order valence-corrected chi connectivity index (χ4v) is 19.4.